The Morgan fingerprint density at radius 3 is 2.87 bits per heavy atom. The fraction of sp³-hybridized carbons (Fsp3) is 0.583. The highest BCUT2D eigenvalue weighted by Gasteiger charge is 2.27. The Hall–Kier alpha value is -0.670. The number of nitrogens with zero attached hydrogens (tertiary/aromatic N) is 1. The second-order valence-electron chi connectivity index (χ2n) is 4.48. The lowest BCUT2D eigenvalue weighted by Gasteiger charge is -2.28. The third-order valence-corrected chi connectivity index (χ3v) is 3.40. The minimum Gasteiger partial charge on any atom is -0.353 e. The number of rotatable bonds is 2. The molecule has 1 fully saturated rings. The molecule has 3 heteroatoms. The third-order valence-electron chi connectivity index (χ3n) is 3.15. The van der Waals surface area contributed by atoms with Gasteiger partial charge in [-0.25, -0.2) is 0 Å². The second-order valence-corrected chi connectivity index (χ2v) is 4.92. The van der Waals surface area contributed by atoms with Gasteiger partial charge in [-0.05, 0) is 44.9 Å². The van der Waals surface area contributed by atoms with Crippen molar-refractivity contribution in [3.63, 3.8) is 0 Å². The van der Waals surface area contributed by atoms with Crippen molar-refractivity contribution in [3.8, 4) is 0 Å². The molecule has 0 spiro atoms. The molecule has 15 heavy (non-hydrogen) atoms. The molecule has 0 aromatic carbocycles. The normalized spacial score (nSPS) is 22.5. The van der Waals surface area contributed by atoms with Crippen molar-refractivity contribution in [2.45, 2.75) is 38.8 Å². The van der Waals surface area contributed by atoms with E-state index < -0.39 is 0 Å². The maximum atomic E-state index is 5.06. The summed E-state index contributed by atoms with van der Waals surface area (Å²) in [5, 5.41) is 0. The van der Waals surface area contributed by atoms with Crippen LogP contribution in [0, 0.1) is 4.64 Å². The molecule has 2 rings (SSSR count). The Morgan fingerprint density at radius 1 is 1.47 bits per heavy atom. The van der Waals surface area contributed by atoms with Crippen LogP contribution in [0.4, 0.5) is 0 Å². The van der Waals surface area contributed by atoms with E-state index in [1.165, 1.54) is 24.9 Å². The summed E-state index contributed by atoms with van der Waals surface area (Å²) in [4.78, 5) is 5.69. The number of aromatic amines is 1. The first-order chi connectivity index (χ1) is 7.18. The Kier molecular flexibility index (Phi) is 3.22. The summed E-state index contributed by atoms with van der Waals surface area (Å²) < 4.78 is 0.813. The molecule has 0 amide bonds. The van der Waals surface area contributed by atoms with Crippen LogP contribution in [0.15, 0.2) is 18.3 Å². The van der Waals surface area contributed by atoms with Crippen LogP contribution >= 0.6 is 12.2 Å². The van der Waals surface area contributed by atoms with Crippen LogP contribution in [0.25, 0.3) is 0 Å². The van der Waals surface area contributed by atoms with Gasteiger partial charge in [0.15, 0.2) is 0 Å². The summed E-state index contributed by atoms with van der Waals surface area (Å²) in [6.07, 6.45) is 4.63. The van der Waals surface area contributed by atoms with E-state index in [-0.39, 0.29) is 0 Å². The van der Waals surface area contributed by atoms with Crippen LogP contribution in [0.1, 0.15) is 38.3 Å². The van der Waals surface area contributed by atoms with E-state index in [0.29, 0.717) is 12.1 Å². The Balaban J connectivity index is 2.22. The van der Waals surface area contributed by atoms with E-state index in [4.69, 9.17) is 12.2 Å². The van der Waals surface area contributed by atoms with Gasteiger partial charge in [0.1, 0.15) is 4.64 Å². The van der Waals surface area contributed by atoms with Crippen molar-refractivity contribution >= 4 is 12.2 Å². The van der Waals surface area contributed by atoms with Gasteiger partial charge in [0.25, 0.3) is 0 Å². The number of aromatic nitrogens is 1. The topological polar surface area (TPSA) is 19.0 Å². The highest BCUT2D eigenvalue weighted by molar-refractivity contribution is 7.71. The molecule has 2 heterocycles. The van der Waals surface area contributed by atoms with Gasteiger partial charge in [-0.3, -0.25) is 4.90 Å². The Labute approximate surface area is 96.3 Å². The number of likely N-dealkylation sites (tertiary alicyclic amines) is 1. The van der Waals surface area contributed by atoms with Gasteiger partial charge in [0.05, 0.1) is 0 Å². The molecule has 1 aromatic rings. The lowest BCUT2D eigenvalue weighted by atomic mass is 10.1. The third kappa shape index (κ3) is 2.29. The van der Waals surface area contributed by atoms with E-state index >= 15 is 0 Å². The number of hydrogen-bond acceptors (Lipinski definition) is 2. The molecule has 1 aromatic heterocycles. The molecule has 1 aliphatic heterocycles. The van der Waals surface area contributed by atoms with Crippen LogP contribution in [-0.2, 0) is 0 Å². The minimum atomic E-state index is 0.580. The maximum Gasteiger partial charge on any atom is 0.103 e. The molecule has 0 radical (unpaired) electrons. The van der Waals surface area contributed by atoms with Crippen molar-refractivity contribution in [2.24, 2.45) is 0 Å². The lowest BCUT2D eigenvalue weighted by molar-refractivity contribution is 0.205. The standard InChI is InChI=1S/C12H18N2S/c1-9(2)14-7-3-4-11(14)10-5-6-12(15)13-8-10/h5-6,8-9,11H,3-4,7H2,1-2H3,(H,13,15)/t11-/m0/s1. The zero-order chi connectivity index (χ0) is 10.8. The Morgan fingerprint density at radius 2 is 2.27 bits per heavy atom. The quantitative estimate of drug-likeness (QED) is 0.774. The summed E-state index contributed by atoms with van der Waals surface area (Å²) in [5.74, 6) is 0. The van der Waals surface area contributed by atoms with E-state index in [1.807, 2.05) is 6.07 Å². The van der Waals surface area contributed by atoms with Crippen LogP contribution in [0.2, 0.25) is 0 Å². The average Bonchev–Trinajstić information content (AvgIpc) is 2.67. The van der Waals surface area contributed by atoms with Crippen LogP contribution in [0.5, 0.6) is 0 Å². The average molecular weight is 222 g/mol. The molecule has 0 aliphatic carbocycles. The van der Waals surface area contributed by atoms with Crippen molar-refractivity contribution in [1.82, 2.24) is 9.88 Å². The molecule has 82 valence electrons. The first-order valence-electron chi connectivity index (χ1n) is 5.63. The molecule has 2 nitrogen and oxygen atoms in total. The van der Waals surface area contributed by atoms with Gasteiger partial charge in [0.2, 0.25) is 0 Å². The predicted molar refractivity (Wildman–Crippen MR) is 65.4 cm³/mol. The SMILES string of the molecule is CC(C)N1CCC[C@H]1c1ccc(=S)[nH]c1. The lowest BCUT2D eigenvalue weighted by Crippen LogP contribution is -2.30. The van der Waals surface area contributed by atoms with Crippen LogP contribution in [-0.4, -0.2) is 22.5 Å². The summed E-state index contributed by atoms with van der Waals surface area (Å²) in [6.45, 7) is 5.75. The van der Waals surface area contributed by atoms with Crippen molar-refractivity contribution < 1.29 is 0 Å². The number of hydrogen-bond donors (Lipinski definition) is 1. The molecule has 1 N–H and O–H groups in total. The summed E-state index contributed by atoms with van der Waals surface area (Å²) >= 11 is 5.06. The summed E-state index contributed by atoms with van der Waals surface area (Å²) in [6, 6.07) is 5.35. The maximum absolute atomic E-state index is 5.06. The fourth-order valence-electron chi connectivity index (χ4n) is 2.39. The fourth-order valence-corrected chi connectivity index (χ4v) is 2.52. The van der Waals surface area contributed by atoms with E-state index in [0.717, 1.165) is 4.64 Å². The zero-order valence-electron chi connectivity index (χ0n) is 9.36. The van der Waals surface area contributed by atoms with Crippen LogP contribution in [0.3, 0.4) is 0 Å². The Bertz CT molecular complexity index is 363. The van der Waals surface area contributed by atoms with Crippen molar-refractivity contribution in [3.05, 3.63) is 28.5 Å². The molecule has 1 atom stereocenters. The zero-order valence-corrected chi connectivity index (χ0v) is 10.2. The van der Waals surface area contributed by atoms with Gasteiger partial charge >= 0.3 is 0 Å². The number of pyridine rings is 1. The van der Waals surface area contributed by atoms with Crippen LogP contribution < -0.4 is 0 Å². The first-order valence-corrected chi connectivity index (χ1v) is 6.03. The summed E-state index contributed by atoms with van der Waals surface area (Å²) in [5.41, 5.74) is 1.37. The van der Waals surface area contributed by atoms with E-state index in [2.05, 4.69) is 36.0 Å². The smallest absolute Gasteiger partial charge is 0.103 e. The van der Waals surface area contributed by atoms with Gasteiger partial charge in [-0.15, -0.1) is 0 Å². The van der Waals surface area contributed by atoms with Gasteiger partial charge < -0.3 is 4.98 Å². The minimum absolute atomic E-state index is 0.580. The molecule has 1 saturated heterocycles. The highest BCUT2D eigenvalue weighted by atomic mass is 32.1. The number of H-pyrrole nitrogens is 1. The highest BCUT2D eigenvalue weighted by Crippen LogP contribution is 2.32. The first kappa shape index (κ1) is 10.8. The van der Waals surface area contributed by atoms with Gasteiger partial charge in [-0.2, -0.15) is 0 Å². The molecule has 0 bridgehead atoms. The van der Waals surface area contributed by atoms with Gasteiger partial charge in [-0.1, -0.05) is 18.3 Å². The molecular formula is C12H18N2S. The number of nitrogens with one attached hydrogen (secondary N) is 1. The van der Waals surface area contributed by atoms with Gasteiger partial charge in [0, 0.05) is 18.3 Å². The largest absolute Gasteiger partial charge is 0.353 e. The summed E-state index contributed by atoms with van der Waals surface area (Å²) in [7, 11) is 0. The van der Waals surface area contributed by atoms with E-state index in [9.17, 15) is 0 Å². The monoisotopic (exact) mass is 222 g/mol. The molecule has 1 aliphatic rings. The van der Waals surface area contributed by atoms with Crippen molar-refractivity contribution in [1.29, 1.82) is 0 Å². The van der Waals surface area contributed by atoms with Crippen molar-refractivity contribution in [2.75, 3.05) is 6.54 Å². The molecular weight excluding hydrogens is 204 g/mol. The molecule has 0 unspecified atom stereocenters. The second kappa shape index (κ2) is 4.45. The van der Waals surface area contributed by atoms with E-state index in [1.54, 1.807) is 0 Å². The predicted octanol–water partition coefficient (Wildman–Crippen LogP) is 3.29. The molecule has 0 saturated carbocycles.